The molecular weight excluding hydrogens is 361 g/mol. The van der Waals surface area contributed by atoms with E-state index in [1.54, 1.807) is 6.07 Å². The molecule has 92 valence electrons. The molecule has 2 rings (SSSR count). The van der Waals surface area contributed by atoms with Gasteiger partial charge in [-0.15, -0.1) is 0 Å². The van der Waals surface area contributed by atoms with Crippen molar-refractivity contribution in [2.24, 2.45) is 0 Å². The Morgan fingerprint density at radius 1 is 1.17 bits per heavy atom. The van der Waals surface area contributed by atoms with Crippen molar-refractivity contribution in [2.75, 3.05) is 0 Å². The summed E-state index contributed by atoms with van der Waals surface area (Å²) < 4.78 is 1.04. The second-order valence-corrected chi connectivity index (χ2v) is 5.44. The lowest BCUT2D eigenvalue weighted by molar-refractivity contribution is 0.0951. The zero-order valence-corrected chi connectivity index (χ0v) is 12.4. The molecular formula is C14H11ClINO. The molecule has 0 unspecified atom stereocenters. The molecule has 0 aliphatic carbocycles. The molecule has 18 heavy (non-hydrogen) atoms. The van der Waals surface area contributed by atoms with Crippen LogP contribution in [0.15, 0.2) is 48.5 Å². The summed E-state index contributed by atoms with van der Waals surface area (Å²) >= 11 is 8.21. The minimum atomic E-state index is -0.0894. The molecule has 2 nitrogen and oxygen atoms in total. The number of rotatable bonds is 3. The van der Waals surface area contributed by atoms with Gasteiger partial charge in [0.05, 0.1) is 0 Å². The van der Waals surface area contributed by atoms with Gasteiger partial charge in [0.25, 0.3) is 5.91 Å². The third kappa shape index (κ3) is 3.46. The fourth-order valence-corrected chi connectivity index (χ4v) is 2.29. The minimum absolute atomic E-state index is 0.0894. The molecule has 0 atom stereocenters. The van der Waals surface area contributed by atoms with Crippen LogP contribution in [0.5, 0.6) is 0 Å². The molecule has 0 aliphatic heterocycles. The Labute approximate surface area is 124 Å². The molecule has 2 aromatic rings. The zero-order valence-electron chi connectivity index (χ0n) is 9.49. The first kappa shape index (κ1) is 13.4. The highest BCUT2D eigenvalue weighted by atomic mass is 127. The van der Waals surface area contributed by atoms with Gasteiger partial charge in [-0.2, -0.15) is 0 Å². The van der Waals surface area contributed by atoms with Gasteiger partial charge in [0, 0.05) is 20.7 Å². The predicted octanol–water partition coefficient (Wildman–Crippen LogP) is 3.87. The van der Waals surface area contributed by atoms with Crippen LogP contribution in [0.1, 0.15) is 15.9 Å². The van der Waals surface area contributed by atoms with Crippen LogP contribution in [0.3, 0.4) is 0 Å². The SMILES string of the molecule is O=C(NCc1ccccc1Cl)c1cccc(I)c1. The van der Waals surface area contributed by atoms with E-state index in [2.05, 4.69) is 27.9 Å². The van der Waals surface area contributed by atoms with E-state index in [9.17, 15) is 4.79 Å². The summed E-state index contributed by atoms with van der Waals surface area (Å²) in [4.78, 5) is 11.9. The average molecular weight is 372 g/mol. The van der Waals surface area contributed by atoms with Crippen LogP contribution in [0.25, 0.3) is 0 Å². The molecule has 1 amide bonds. The van der Waals surface area contributed by atoms with E-state index in [0.29, 0.717) is 17.1 Å². The maximum absolute atomic E-state index is 11.9. The van der Waals surface area contributed by atoms with Crippen LogP contribution in [0.4, 0.5) is 0 Å². The van der Waals surface area contributed by atoms with Crippen LogP contribution in [-0.4, -0.2) is 5.91 Å². The maximum Gasteiger partial charge on any atom is 0.251 e. The van der Waals surface area contributed by atoms with Crippen LogP contribution >= 0.6 is 34.2 Å². The standard InChI is InChI=1S/C14H11ClINO/c15-13-7-2-1-4-11(13)9-17-14(18)10-5-3-6-12(16)8-10/h1-8H,9H2,(H,17,18). The number of halogens is 2. The first-order valence-corrected chi connectivity index (χ1v) is 6.89. The van der Waals surface area contributed by atoms with E-state index >= 15 is 0 Å². The first-order chi connectivity index (χ1) is 8.66. The largest absolute Gasteiger partial charge is 0.348 e. The smallest absolute Gasteiger partial charge is 0.251 e. The van der Waals surface area contributed by atoms with Crippen molar-refractivity contribution in [3.8, 4) is 0 Å². The predicted molar refractivity (Wildman–Crippen MR) is 81.8 cm³/mol. The summed E-state index contributed by atoms with van der Waals surface area (Å²) in [6.45, 7) is 0.435. The fraction of sp³-hybridized carbons (Fsp3) is 0.0714. The van der Waals surface area contributed by atoms with Gasteiger partial charge < -0.3 is 5.32 Å². The Kier molecular flexibility index (Phi) is 4.60. The summed E-state index contributed by atoms with van der Waals surface area (Å²) in [6.07, 6.45) is 0. The van der Waals surface area contributed by atoms with Crippen LogP contribution < -0.4 is 5.32 Å². The molecule has 0 spiro atoms. The maximum atomic E-state index is 11.9. The molecule has 4 heteroatoms. The highest BCUT2D eigenvalue weighted by Gasteiger charge is 2.06. The lowest BCUT2D eigenvalue weighted by Gasteiger charge is -2.07. The zero-order chi connectivity index (χ0) is 13.0. The Morgan fingerprint density at radius 3 is 2.67 bits per heavy atom. The third-order valence-corrected chi connectivity index (χ3v) is 3.52. The molecule has 0 aliphatic rings. The molecule has 0 heterocycles. The normalized spacial score (nSPS) is 10.1. The number of carbonyl (C=O) groups is 1. The van der Waals surface area contributed by atoms with Gasteiger partial charge in [-0.1, -0.05) is 35.9 Å². The van der Waals surface area contributed by atoms with Crippen molar-refractivity contribution in [3.05, 3.63) is 68.3 Å². The van der Waals surface area contributed by atoms with Crippen LogP contribution in [0.2, 0.25) is 5.02 Å². The second kappa shape index (κ2) is 6.20. The number of amides is 1. The number of hydrogen-bond donors (Lipinski definition) is 1. The van der Waals surface area contributed by atoms with Gasteiger partial charge >= 0.3 is 0 Å². The highest BCUT2D eigenvalue weighted by Crippen LogP contribution is 2.14. The van der Waals surface area contributed by atoms with E-state index < -0.39 is 0 Å². The average Bonchev–Trinajstić information content (AvgIpc) is 2.37. The van der Waals surface area contributed by atoms with Gasteiger partial charge in [0.1, 0.15) is 0 Å². The minimum Gasteiger partial charge on any atom is -0.348 e. The number of hydrogen-bond acceptors (Lipinski definition) is 1. The van der Waals surface area contributed by atoms with Crippen molar-refractivity contribution in [2.45, 2.75) is 6.54 Å². The highest BCUT2D eigenvalue weighted by molar-refractivity contribution is 14.1. The summed E-state index contributed by atoms with van der Waals surface area (Å²) in [5, 5.41) is 3.52. The van der Waals surface area contributed by atoms with Gasteiger partial charge in [-0.25, -0.2) is 0 Å². The van der Waals surface area contributed by atoms with Gasteiger partial charge in [-0.3, -0.25) is 4.79 Å². The first-order valence-electron chi connectivity index (χ1n) is 5.44. The number of nitrogens with one attached hydrogen (secondary N) is 1. The van der Waals surface area contributed by atoms with Crippen LogP contribution in [-0.2, 0) is 6.54 Å². The Hall–Kier alpha value is -1.07. The molecule has 0 saturated carbocycles. The van der Waals surface area contributed by atoms with Crippen LogP contribution in [0, 0.1) is 3.57 Å². The number of carbonyl (C=O) groups excluding carboxylic acids is 1. The Balaban J connectivity index is 2.03. The van der Waals surface area contributed by atoms with E-state index in [1.807, 2.05) is 42.5 Å². The molecule has 1 N–H and O–H groups in total. The lowest BCUT2D eigenvalue weighted by Crippen LogP contribution is -2.22. The number of benzene rings is 2. The van der Waals surface area contributed by atoms with Crippen molar-refractivity contribution in [1.29, 1.82) is 0 Å². The molecule has 0 radical (unpaired) electrons. The van der Waals surface area contributed by atoms with Crippen molar-refractivity contribution >= 4 is 40.1 Å². The second-order valence-electron chi connectivity index (χ2n) is 3.78. The monoisotopic (exact) mass is 371 g/mol. The van der Waals surface area contributed by atoms with E-state index in [1.165, 1.54) is 0 Å². The van der Waals surface area contributed by atoms with Crippen molar-refractivity contribution in [1.82, 2.24) is 5.32 Å². The quantitative estimate of drug-likeness (QED) is 0.815. The van der Waals surface area contributed by atoms with Gasteiger partial charge in [0.2, 0.25) is 0 Å². The lowest BCUT2D eigenvalue weighted by atomic mass is 10.2. The topological polar surface area (TPSA) is 29.1 Å². The molecule has 0 bridgehead atoms. The van der Waals surface area contributed by atoms with E-state index in [4.69, 9.17) is 11.6 Å². The van der Waals surface area contributed by atoms with E-state index in [-0.39, 0.29) is 5.91 Å². The summed E-state index contributed by atoms with van der Waals surface area (Å²) in [5.74, 6) is -0.0894. The summed E-state index contributed by atoms with van der Waals surface area (Å²) in [6, 6.07) is 14.9. The van der Waals surface area contributed by atoms with Gasteiger partial charge in [-0.05, 0) is 52.4 Å². The van der Waals surface area contributed by atoms with Gasteiger partial charge in [0.15, 0.2) is 0 Å². The third-order valence-electron chi connectivity index (χ3n) is 2.48. The molecule has 0 fully saturated rings. The fourth-order valence-electron chi connectivity index (χ4n) is 1.55. The summed E-state index contributed by atoms with van der Waals surface area (Å²) in [7, 11) is 0. The van der Waals surface area contributed by atoms with E-state index in [0.717, 1.165) is 9.13 Å². The molecule has 0 aromatic heterocycles. The Bertz CT molecular complexity index is 571. The molecule has 2 aromatic carbocycles. The van der Waals surface area contributed by atoms with Crippen molar-refractivity contribution < 1.29 is 4.79 Å². The molecule has 0 saturated heterocycles. The Morgan fingerprint density at radius 2 is 1.94 bits per heavy atom. The summed E-state index contributed by atoms with van der Waals surface area (Å²) in [5.41, 5.74) is 1.58. The van der Waals surface area contributed by atoms with Crippen molar-refractivity contribution in [3.63, 3.8) is 0 Å².